The van der Waals surface area contributed by atoms with Crippen LogP contribution in [0.15, 0.2) is 71.4 Å². The number of halogens is 2. The summed E-state index contributed by atoms with van der Waals surface area (Å²) in [6, 6.07) is 15.0. The zero-order chi connectivity index (χ0) is 25.5. The third-order valence-corrected chi connectivity index (χ3v) is 8.60. The zero-order valence-electron chi connectivity index (χ0n) is 20.4. The van der Waals surface area contributed by atoms with Gasteiger partial charge in [-0.1, -0.05) is 59.6 Å². The largest absolute Gasteiger partial charge is 0.455 e. The van der Waals surface area contributed by atoms with E-state index in [1.54, 1.807) is 0 Å². The van der Waals surface area contributed by atoms with Gasteiger partial charge in [-0.15, -0.1) is 0 Å². The molecule has 2 saturated carbocycles. The van der Waals surface area contributed by atoms with E-state index in [1.807, 2.05) is 48.5 Å². The maximum Gasteiger partial charge on any atom is 0.310 e. The predicted molar refractivity (Wildman–Crippen MR) is 145 cm³/mol. The highest BCUT2D eigenvalue weighted by Crippen LogP contribution is 2.45. The topological polar surface area (TPSA) is 59.0 Å². The molecule has 2 fully saturated rings. The molecule has 0 N–H and O–H groups in total. The quantitative estimate of drug-likeness (QED) is 0.310. The van der Waals surface area contributed by atoms with Crippen molar-refractivity contribution < 1.29 is 14.3 Å². The Balaban J connectivity index is 1.26. The maximum atomic E-state index is 13.5. The van der Waals surface area contributed by atoms with E-state index in [9.17, 15) is 9.59 Å². The second-order valence-electron chi connectivity index (χ2n) is 10.4. The fourth-order valence-electron chi connectivity index (χ4n) is 6.32. The summed E-state index contributed by atoms with van der Waals surface area (Å²) in [6.07, 6.45) is 11.1. The van der Waals surface area contributed by atoms with E-state index < -0.39 is 0 Å². The van der Waals surface area contributed by atoms with Gasteiger partial charge in [-0.3, -0.25) is 9.59 Å². The van der Waals surface area contributed by atoms with Gasteiger partial charge in [0.05, 0.1) is 17.7 Å². The Morgan fingerprint density at radius 3 is 2.41 bits per heavy atom. The van der Waals surface area contributed by atoms with Crippen LogP contribution in [0.5, 0.6) is 0 Å². The van der Waals surface area contributed by atoms with Crippen LogP contribution in [0.3, 0.4) is 0 Å². The van der Waals surface area contributed by atoms with Crippen LogP contribution in [-0.2, 0) is 14.3 Å². The Kier molecular flexibility index (Phi) is 6.68. The lowest BCUT2D eigenvalue weighted by atomic mass is 9.77. The van der Waals surface area contributed by atoms with Gasteiger partial charge in [0.15, 0.2) is 6.61 Å². The van der Waals surface area contributed by atoms with Crippen LogP contribution in [0.1, 0.15) is 49.3 Å². The molecule has 3 aliphatic carbocycles. The van der Waals surface area contributed by atoms with Crippen molar-refractivity contribution >= 4 is 46.9 Å². The molecule has 1 heterocycles. The van der Waals surface area contributed by atoms with Gasteiger partial charge in [-0.05, 0) is 91.0 Å². The maximum absolute atomic E-state index is 13.5. The van der Waals surface area contributed by atoms with E-state index in [2.05, 4.69) is 18.2 Å². The first-order valence-corrected chi connectivity index (χ1v) is 13.7. The van der Waals surface area contributed by atoms with Crippen molar-refractivity contribution in [2.24, 2.45) is 28.8 Å². The highest BCUT2D eigenvalue weighted by Gasteiger charge is 2.45. The molecule has 5 nitrogen and oxygen atoms in total. The first-order valence-electron chi connectivity index (χ1n) is 12.9. The minimum absolute atomic E-state index is 0.0591. The third-order valence-electron chi connectivity index (χ3n) is 8.10. The van der Waals surface area contributed by atoms with Gasteiger partial charge in [-0.2, -0.15) is 5.10 Å². The van der Waals surface area contributed by atoms with Gasteiger partial charge in [-0.25, -0.2) is 5.01 Å². The SMILES string of the molecule is O=C(OCC(=O)N1N=C2/C(=C\c3ccc(Cl)cc3)CCC[C@H]2[C@H]1c1ccc(Cl)cc1)[C@@H]1C[C@H]2C=C[C@H]1C2. The van der Waals surface area contributed by atoms with Crippen molar-refractivity contribution in [1.29, 1.82) is 0 Å². The highest BCUT2D eigenvalue weighted by atomic mass is 35.5. The molecule has 4 aliphatic rings. The van der Waals surface area contributed by atoms with Crippen molar-refractivity contribution in [3.8, 4) is 0 Å². The molecule has 2 bridgehead atoms. The molecule has 0 saturated heterocycles. The molecule has 5 atom stereocenters. The predicted octanol–water partition coefficient (Wildman–Crippen LogP) is 6.87. The summed E-state index contributed by atoms with van der Waals surface area (Å²) in [5.41, 5.74) is 4.07. The summed E-state index contributed by atoms with van der Waals surface area (Å²) in [7, 11) is 0. The van der Waals surface area contributed by atoms with Crippen LogP contribution in [0.25, 0.3) is 6.08 Å². The molecule has 1 aliphatic heterocycles. The number of hydrazone groups is 1. The normalized spacial score (nSPS) is 28.9. The van der Waals surface area contributed by atoms with Crippen molar-refractivity contribution in [2.75, 3.05) is 6.61 Å². The van der Waals surface area contributed by atoms with Crippen LogP contribution >= 0.6 is 23.2 Å². The fraction of sp³-hybridized carbons (Fsp3) is 0.367. The Bertz CT molecular complexity index is 1300. The van der Waals surface area contributed by atoms with Gasteiger partial charge >= 0.3 is 5.97 Å². The van der Waals surface area contributed by atoms with Crippen LogP contribution in [0.2, 0.25) is 10.0 Å². The Hall–Kier alpha value is -2.89. The number of allylic oxidation sites excluding steroid dienone is 3. The molecule has 190 valence electrons. The van der Waals surface area contributed by atoms with Crippen molar-refractivity contribution in [1.82, 2.24) is 5.01 Å². The molecule has 0 spiro atoms. The van der Waals surface area contributed by atoms with Gasteiger partial charge in [0.25, 0.3) is 5.91 Å². The lowest BCUT2D eigenvalue weighted by Crippen LogP contribution is -2.35. The highest BCUT2D eigenvalue weighted by molar-refractivity contribution is 6.30. The lowest BCUT2D eigenvalue weighted by Gasteiger charge is -2.29. The number of hydrogen-bond donors (Lipinski definition) is 0. The van der Waals surface area contributed by atoms with Gasteiger partial charge in [0.2, 0.25) is 0 Å². The smallest absolute Gasteiger partial charge is 0.310 e. The summed E-state index contributed by atoms with van der Waals surface area (Å²) >= 11 is 12.2. The Labute approximate surface area is 226 Å². The van der Waals surface area contributed by atoms with Crippen molar-refractivity contribution in [2.45, 2.75) is 38.1 Å². The average Bonchev–Trinajstić information content (AvgIpc) is 3.64. The number of carbonyl (C=O) groups excluding carboxylic acids is 2. The number of benzene rings is 2. The Morgan fingerprint density at radius 1 is 1.00 bits per heavy atom. The lowest BCUT2D eigenvalue weighted by molar-refractivity contribution is -0.157. The van der Waals surface area contributed by atoms with Crippen molar-refractivity contribution in [3.63, 3.8) is 0 Å². The summed E-state index contributed by atoms with van der Waals surface area (Å²) in [5, 5.41) is 7.74. The molecule has 2 aromatic carbocycles. The van der Waals surface area contributed by atoms with E-state index in [4.69, 9.17) is 33.0 Å². The number of fused-ring (bicyclic) bond motifs is 3. The number of nitrogens with zero attached hydrogens (tertiary/aromatic N) is 2. The van der Waals surface area contributed by atoms with E-state index >= 15 is 0 Å². The number of amides is 1. The van der Waals surface area contributed by atoms with Crippen LogP contribution in [0, 0.1) is 23.7 Å². The summed E-state index contributed by atoms with van der Waals surface area (Å²) in [4.78, 5) is 26.3. The van der Waals surface area contributed by atoms with Gasteiger partial charge < -0.3 is 4.74 Å². The third kappa shape index (κ3) is 4.87. The van der Waals surface area contributed by atoms with E-state index in [0.717, 1.165) is 54.5 Å². The molecule has 6 rings (SSSR count). The standard InChI is InChI=1S/C30H28Cl2N2O3/c31-23-10-5-18(6-11-23)14-22-2-1-3-25-28(22)33-34(29(25)20-8-12-24(32)13-9-20)27(35)17-37-30(36)26-16-19-4-7-21(26)15-19/h4-14,19,21,25-26,29H,1-3,15-17H2/b22-14-/t19-,21-,25+,26+,29+/m0/s1. The molecule has 0 unspecified atom stereocenters. The summed E-state index contributed by atoms with van der Waals surface area (Å²) < 4.78 is 5.56. The molecule has 0 aromatic heterocycles. The van der Waals surface area contributed by atoms with Crippen molar-refractivity contribution in [3.05, 3.63) is 87.4 Å². The molecule has 2 aromatic rings. The fourth-order valence-corrected chi connectivity index (χ4v) is 6.57. The second-order valence-corrected chi connectivity index (χ2v) is 11.3. The number of ether oxygens (including phenoxy) is 1. The zero-order valence-corrected chi connectivity index (χ0v) is 21.9. The number of rotatable bonds is 5. The minimum atomic E-state index is -0.306. The van der Waals surface area contributed by atoms with Gasteiger partial charge in [0.1, 0.15) is 0 Å². The van der Waals surface area contributed by atoms with E-state index in [-0.39, 0.29) is 42.3 Å². The summed E-state index contributed by atoms with van der Waals surface area (Å²) in [6.45, 7) is -0.305. The van der Waals surface area contributed by atoms with E-state index in [0.29, 0.717) is 16.0 Å². The second kappa shape index (κ2) is 10.1. The number of hydrogen-bond acceptors (Lipinski definition) is 4. The molecule has 37 heavy (non-hydrogen) atoms. The number of carbonyl (C=O) groups is 2. The van der Waals surface area contributed by atoms with Gasteiger partial charge in [0, 0.05) is 16.0 Å². The van der Waals surface area contributed by atoms with E-state index in [1.165, 1.54) is 5.01 Å². The van der Waals surface area contributed by atoms with Crippen LogP contribution in [0.4, 0.5) is 0 Å². The molecule has 1 amide bonds. The first-order chi connectivity index (χ1) is 18.0. The molecular weight excluding hydrogens is 507 g/mol. The average molecular weight is 535 g/mol. The monoisotopic (exact) mass is 534 g/mol. The molecule has 0 radical (unpaired) electrons. The Morgan fingerprint density at radius 2 is 1.73 bits per heavy atom. The van der Waals surface area contributed by atoms with Crippen LogP contribution < -0.4 is 0 Å². The first kappa shape index (κ1) is 24.4. The summed E-state index contributed by atoms with van der Waals surface area (Å²) in [5.74, 6) is 0.0389. The molecule has 7 heteroatoms. The minimum Gasteiger partial charge on any atom is -0.455 e. The van der Waals surface area contributed by atoms with Crippen LogP contribution in [-0.4, -0.2) is 29.2 Å². The molecular formula is C30H28Cl2N2O3. The number of esters is 1.